The Hall–Kier alpha value is -4.31. The maximum Gasteiger partial charge on any atom is 0.264 e. The zero-order chi connectivity index (χ0) is 26.0. The molecule has 1 saturated heterocycles. The first kappa shape index (κ1) is 24.4. The van der Waals surface area contributed by atoms with Crippen LogP contribution < -0.4 is 4.72 Å². The van der Waals surface area contributed by atoms with Gasteiger partial charge >= 0.3 is 0 Å². The Bertz CT molecular complexity index is 1580. The predicted octanol–water partition coefficient (Wildman–Crippen LogP) is 3.34. The molecule has 0 aliphatic carbocycles. The van der Waals surface area contributed by atoms with Crippen molar-refractivity contribution in [3.05, 3.63) is 95.9 Å². The number of fused-ring (bicyclic) bond motifs is 1. The van der Waals surface area contributed by atoms with Gasteiger partial charge in [-0.2, -0.15) is 0 Å². The molecule has 0 atom stereocenters. The third kappa shape index (κ3) is 5.01. The molecular weight excluding hydrogens is 490 g/mol. The number of pyridine rings is 2. The summed E-state index contributed by atoms with van der Waals surface area (Å²) in [6.07, 6.45) is 4.72. The van der Waals surface area contributed by atoms with Gasteiger partial charge in [0.2, 0.25) is 0 Å². The number of nitrogens with one attached hydrogen (secondary N) is 1. The summed E-state index contributed by atoms with van der Waals surface area (Å²) in [5.41, 5.74) is 2.46. The number of hydrogen-bond acceptors (Lipinski definition) is 6. The molecule has 2 aromatic heterocycles. The third-order valence-electron chi connectivity index (χ3n) is 6.38. The number of carbonyl (C=O) groups is 2. The van der Waals surface area contributed by atoms with Crippen molar-refractivity contribution < 1.29 is 18.0 Å². The fourth-order valence-corrected chi connectivity index (χ4v) is 5.66. The second-order valence-electron chi connectivity index (χ2n) is 8.79. The summed E-state index contributed by atoms with van der Waals surface area (Å²) in [6.45, 7) is 3.47. The minimum atomic E-state index is -3.90. The predicted molar refractivity (Wildman–Crippen MR) is 140 cm³/mol. The molecule has 1 N–H and O–H groups in total. The van der Waals surface area contributed by atoms with Gasteiger partial charge in [0.05, 0.1) is 5.52 Å². The molecule has 4 aromatic rings. The number of para-hydroxylation sites is 1. The second kappa shape index (κ2) is 9.98. The van der Waals surface area contributed by atoms with Crippen LogP contribution in [0.4, 0.5) is 5.69 Å². The first-order valence-electron chi connectivity index (χ1n) is 11.8. The first-order valence-corrected chi connectivity index (χ1v) is 13.3. The zero-order valence-electron chi connectivity index (χ0n) is 20.2. The number of rotatable bonds is 5. The average molecular weight is 516 g/mol. The molecule has 3 heterocycles. The van der Waals surface area contributed by atoms with E-state index in [1.807, 2.05) is 0 Å². The molecule has 0 radical (unpaired) electrons. The number of aromatic nitrogens is 2. The van der Waals surface area contributed by atoms with Gasteiger partial charge in [0.15, 0.2) is 0 Å². The summed E-state index contributed by atoms with van der Waals surface area (Å²) in [7, 11) is -3.90. The van der Waals surface area contributed by atoms with E-state index >= 15 is 0 Å². The molecule has 10 heteroatoms. The van der Waals surface area contributed by atoms with Crippen molar-refractivity contribution in [2.24, 2.45) is 0 Å². The number of nitrogens with zero attached hydrogens (tertiary/aromatic N) is 4. The van der Waals surface area contributed by atoms with Crippen molar-refractivity contribution in [2.75, 3.05) is 30.9 Å². The Morgan fingerprint density at radius 3 is 2.22 bits per heavy atom. The molecule has 188 valence electrons. The number of sulfonamides is 1. The highest BCUT2D eigenvalue weighted by Gasteiger charge is 2.26. The van der Waals surface area contributed by atoms with Gasteiger partial charge in [-0.1, -0.05) is 18.2 Å². The van der Waals surface area contributed by atoms with E-state index in [2.05, 4.69) is 14.7 Å². The standard InChI is InChI=1S/C27H25N5O4S/c1-19-18-22(30-37(35,36)24-6-2-4-20-5-3-11-29-25(20)24)7-8-23(19)27(34)32-16-14-31(15-17-32)26(33)21-9-12-28-13-10-21/h2-13,18,30H,14-17H2,1H3. The summed E-state index contributed by atoms with van der Waals surface area (Å²) in [6, 6.07) is 16.8. The minimum Gasteiger partial charge on any atom is -0.335 e. The first-order chi connectivity index (χ1) is 17.8. The number of benzene rings is 2. The van der Waals surface area contributed by atoms with Crippen LogP contribution >= 0.6 is 0 Å². The molecule has 0 saturated carbocycles. The maximum atomic E-state index is 13.2. The third-order valence-corrected chi connectivity index (χ3v) is 7.79. The number of carbonyl (C=O) groups excluding carboxylic acids is 2. The highest BCUT2D eigenvalue weighted by molar-refractivity contribution is 7.93. The molecule has 1 aliphatic rings. The summed E-state index contributed by atoms with van der Waals surface area (Å²) >= 11 is 0. The van der Waals surface area contributed by atoms with Crippen molar-refractivity contribution in [3.8, 4) is 0 Å². The number of hydrogen-bond donors (Lipinski definition) is 1. The molecule has 1 aliphatic heterocycles. The van der Waals surface area contributed by atoms with E-state index in [0.717, 1.165) is 5.39 Å². The lowest BCUT2D eigenvalue weighted by atomic mass is 10.1. The van der Waals surface area contributed by atoms with E-state index in [1.54, 1.807) is 89.9 Å². The minimum absolute atomic E-state index is 0.0799. The van der Waals surface area contributed by atoms with Crippen molar-refractivity contribution >= 4 is 38.4 Å². The molecule has 2 aromatic carbocycles. The Labute approximate surface area is 214 Å². The smallest absolute Gasteiger partial charge is 0.264 e. The lowest BCUT2D eigenvalue weighted by Gasteiger charge is -2.35. The monoisotopic (exact) mass is 515 g/mol. The summed E-state index contributed by atoms with van der Waals surface area (Å²) in [5.74, 6) is -0.232. The number of anilines is 1. The van der Waals surface area contributed by atoms with Crippen LogP contribution in [0.15, 0.2) is 84.1 Å². The van der Waals surface area contributed by atoms with Crippen LogP contribution in [0.3, 0.4) is 0 Å². The fraction of sp³-hybridized carbons (Fsp3) is 0.185. The van der Waals surface area contributed by atoms with Gasteiger partial charge in [0.1, 0.15) is 4.90 Å². The van der Waals surface area contributed by atoms with Crippen LogP contribution in [0.25, 0.3) is 10.9 Å². The molecule has 5 rings (SSSR count). The van der Waals surface area contributed by atoms with Gasteiger partial charge in [0, 0.05) is 67.0 Å². The molecule has 0 unspecified atom stereocenters. The fourth-order valence-electron chi connectivity index (χ4n) is 4.43. The molecule has 2 amide bonds. The molecular formula is C27H25N5O4S. The van der Waals surface area contributed by atoms with Gasteiger partial charge in [-0.3, -0.25) is 24.3 Å². The van der Waals surface area contributed by atoms with Crippen molar-refractivity contribution in [1.29, 1.82) is 0 Å². The van der Waals surface area contributed by atoms with Crippen LogP contribution in [0.2, 0.25) is 0 Å². The average Bonchev–Trinajstić information content (AvgIpc) is 2.92. The molecule has 1 fully saturated rings. The largest absolute Gasteiger partial charge is 0.335 e. The van der Waals surface area contributed by atoms with E-state index in [1.165, 1.54) is 6.07 Å². The number of amides is 2. The Morgan fingerprint density at radius 1 is 0.838 bits per heavy atom. The van der Waals surface area contributed by atoms with E-state index in [-0.39, 0.29) is 16.7 Å². The number of aryl methyl sites for hydroxylation is 1. The lowest BCUT2D eigenvalue weighted by Crippen LogP contribution is -2.50. The van der Waals surface area contributed by atoms with Crippen LogP contribution in [0, 0.1) is 6.92 Å². The molecule has 0 spiro atoms. The molecule has 9 nitrogen and oxygen atoms in total. The van der Waals surface area contributed by atoms with Crippen molar-refractivity contribution in [3.63, 3.8) is 0 Å². The van der Waals surface area contributed by atoms with Crippen LogP contribution in [-0.4, -0.2) is 66.2 Å². The van der Waals surface area contributed by atoms with Crippen molar-refractivity contribution in [2.45, 2.75) is 11.8 Å². The number of piperazine rings is 1. The van der Waals surface area contributed by atoms with Gasteiger partial charge in [-0.05, 0) is 55.0 Å². The van der Waals surface area contributed by atoms with Crippen molar-refractivity contribution in [1.82, 2.24) is 19.8 Å². The topological polar surface area (TPSA) is 113 Å². The summed E-state index contributed by atoms with van der Waals surface area (Å²) in [5, 5.41) is 0.727. The van der Waals surface area contributed by atoms with E-state index < -0.39 is 10.0 Å². The van der Waals surface area contributed by atoms with E-state index in [0.29, 0.717) is 54.1 Å². The van der Waals surface area contributed by atoms with Crippen LogP contribution in [-0.2, 0) is 10.0 Å². The molecule has 37 heavy (non-hydrogen) atoms. The lowest BCUT2D eigenvalue weighted by molar-refractivity contribution is 0.0535. The van der Waals surface area contributed by atoms with Crippen LogP contribution in [0.1, 0.15) is 26.3 Å². The van der Waals surface area contributed by atoms with Gasteiger partial charge in [-0.25, -0.2) is 8.42 Å². The molecule has 0 bridgehead atoms. The van der Waals surface area contributed by atoms with E-state index in [4.69, 9.17) is 0 Å². The quantitative estimate of drug-likeness (QED) is 0.436. The SMILES string of the molecule is Cc1cc(NS(=O)(=O)c2cccc3cccnc23)ccc1C(=O)N1CCN(C(=O)c2ccncc2)CC1. The second-order valence-corrected chi connectivity index (χ2v) is 10.4. The highest BCUT2D eigenvalue weighted by atomic mass is 32.2. The Kier molecular flexibility index (Phi) is 6.58. The maximum absolute atomic E-state index is 13.2. The Balaban J connectivity index is 1.27. The highest BCUT2D eigenvalue weighted by Crippen LogP contribution is 2.25. The zero-order valence-corrected chi connectivity index (χ0v) is 21.0. The van der Waals surface area contributed by atoms with Gasteiger partial charge in [-0.15, -0.1) is 0 Å². The van der Waals surface area contributed by atoms with Crippen LogP contribution in [0.5, 0.6) is 0 Å². The van der Waals surface area contributed by atoms with Gasteiger partial charge < -0.3 is 9.80 Å². The van der Waals surface area contributed by atoms with E-state index in [9.17, 15) is 18.0 Å². The normalized spacial score (nSPS) is 14.0. The summed E-state index contributed by atoms with van der Waals surface area (Å²) in [4.78, 5) is 37.6. The van der Waals surface area contributed by atoms with Gasteiger partial charge in [0.25, 0.3) is 21.8 Å². The Morgan fingerprint density at radius 2 is 1.51 bits per heavy atom. The summed E-state index contributed by atoms with van der Waals surface area (Å²) < 4.78 is 28.8.